The van der Waals surface area contributed by atoms with Gasteiger partial charge in [0.1, 0.15) is 0 Å². The Kier molecular flexibility index (Phi) is 8.27. The molecular formula is C17H34N2O2. The fourth-order valence-electron chi connectivity index (χ4n) is 3.18. The van der Waals surface area contributed by atoms with E-state index in [-0.39, 0.29) is 0 Å². The average Bonchev–Trinajstić information content (AvgIpc) is 2.45. The van der Waals surface area contributed by atoms with Crippen LogP contribution in [0.25, 0.3) is 0 Å². The molecule has 2 aliphatic rings. The number of methoxy groups -OCH3 is 1. The van der Waals surface area contributed by atoms with Crippen molar-refractivity contribution in [2.75, 3.05) is 46.4 Å². The van der Waals surface area contributed by atoms with Gasteiger partial charge in [-0.15, -0.1) is 0 Å². The molecule has 0 atom stereocenters. The molecule has 0 radical (unpaired) electrons. The van der Waals surface area contributed by atoms with Gasteiger partial charge in [0, 0.05) is 26.1 Å². The standard InChI is InChI=1S/C15H28N2O2.C2H6/c1-12(2)14-4-6-16(7-5-14)10-15(18)17-8-13(9-17)11-19-3;1-2/h12-14H,4-11H2,1-3H3;1-2H3. The van der Waals surface area contributed by atoms with Gasteiger partial charge in [-0.3, -0.25) is 9.69 Å². The summed E-state index contributed by atoms with van der Waals surface area (Å²) in [5, 5.41) is 0. The smallest absolute Gasteiger partial charge is 0.236 e. The summed E-state index contributed by atoms with van der Waals surface area (Å²) in [4.78, 5) is 16.4. The van der Waals surface area contributed by atoms with E-state index in [1.807, 2.05) is 18.7 Å². The van der Waals surface area contributed by atoms with E-state index in [4.69, 9.17) is 4.74 Å². The van der Waals surface area contributed by atoms with Gasteiger partial charge in [0.15, 0.2) is 0 Å². The van der Waals surface area contributed by atoms with Crippen molar-refractivity contribution in [3.05, 3.63) is 0 Å². The summed E-state index contributed by atoms with van der Waals surface area (Å²) in [6.07, 6.45) is 2.49. The van der Waals surface area contributed by atoms with E-state index in [1.165, 1.54) is 12.8 Å². The summed E-state index contributed by atoms with van der Waals surface area (Å²) in [5.41, 5.74) is 0. The first-order valence-corrected chi connectivity index (χ1v) is 8.59. The molecular weight excluding hydrogens is 264 g/mol. The first-order valence-electron chi connectivity index (χ1n) is 8.59. The van der Waals surface area contributed by atoms with E-state index >= 15 is 0 Å². The summed E-state index contributed by atoms with van der Waals surface area (Å²) in [7, 11) is 1.73. The minimum Gasteiger partial charge on any atom is -0.384 e. The van der Waals surface area contributed by atoms with Crippen LogP contribution in [0.5, 0.6) is 0 Å². The number of ether oxygens (including phenoxy) is 1. The van der Waals surface area contributed by atoms with Crippen molar-refractivity contribution in [2.24, 2.45) is 17.8 Å². The second kappa shape index (κ2) is 9.42. The van der Waals surface area contributed by atoms with Gasteiger partial charge in [-0.25, -0.2) is 0 Å². The number of piperidine rings is 1. The van der Waals surface area contributed by atoms with Gasteiger partial charge in [0.05, 0.1) is 13.2 Å². The molecule has 4 heteroatoms. The van der Waals surface area contributed by atoms with E-state index in [0.717, 1.165) is 44.6 Å². The van der Waals surface area contributed by atoms with Gasteiger partial charge in [-0.2, -0.15) is 0 Å². The van der Waals surface area contributed by atoms with Crippen molar-refractivity contribution in [3.63, 3.8) is 0 Å². The van der Waals surface area contributed by atoms with Crippen LogP contribution in [0.2, 0.25) is 0 Å². The zero-order valence-corrected chi connectivity index (χ0v) is 14.6. The zero-order valence-electron chi connectivity index (χ0n) is 14.6. The number of hydrogen-bond acceptors (Lipinski definition) is 3. The fraction of sp³-hybridized carbons (Fsp3) is 0.941. The Balaban J connectivity index is 0.00000106. The van der Waals surface area contributed by atoms with Gasteiger partial charge in [-0.05, 0) is 37.8 Å². The first kappa shape index (κ1) is 18.4. The highest BCUT2D eigenvalue weighted by Gasteiger charge is 2.31. The van der Waals surface area contributed by atoms with E-state index in [1.54, 1.807) is 7.11 Å². The third-order valence-corrected chi connectivity index (χ3v) is 4.65. The molecule has 0 saturated carbocycles. The van der Waals surface area contributed by atoms with Gasteiger partial charge >= 0.3 is 0 Å². The van der Waals surface area contributed by atoms with Crippen LogP contribution in [0.1, 0.15) is 40.5 Å². The summed E-state index contributed by atoms with van der Waals surface area (Å²) in [6, 6.07) is 0. The minimum absolute atomic E-state index is 0.301. The number of rotatable bonds is 5. The maximum absolute atomic E-state index is 12.1. The lowest BCUT2D eigenvalue weighted by Gasteiger charge is -2.41. The number of amides is 1. The van der Waals surface area contributed by atoms with Crippen molar-refractivity contribution in [2.45, 2.75) is 40.5 Å². The molecule has 0 aromatic heterocycles. The van der Waals surface area contributed by atoms with Crippen molar-refractivity contribution < 1.29 is 9.53 Å². The van der Waals surface area contributed by atoms with E-state index < -0.39 is 0 Å². The minimum atomic E-state index is 0.301. The largest absolute Gasteiger partial charge is 0.384 e. The molecule has 0 aromatic carbocycles. The second-order valence-electron chi connectivity index (χ2n) is 6.48. The van der Waals surface area contributed by atoms with Crippen LogP contribution in [-0.4, -0.2) is 62.1 Å². The molecule has 0 aliphatic carbocycles. The molecule has 4 nitrogen and oxygen atoms in total. The third-order valence-electron chi connectivity index (χ3n) is 4.65. The molecule has 1 amide bonds. The predicted molar refractivity (Wildman–Crippen MR) is 87.3 cm³/mol. The number of nitrogens with zero attached hydrogens (tertiary/aromatic N) is 2. The Morgan fingerprint density at radius 1 is 1.19 bits per heavy atom. The quantitative estimate of drug-likeness (QED) is 0.782. The van der Waals surface area contributed by atoms with Crippen LogP contribution in [0, 0.1) is 17.8 Å². The van der Waals surface area contributed by atoms with E-state index in [9.17, 15) is 4.79 Å². The van der Waals surface area contributed by atoms with Crippen LogP contribution < -0.4 is 0 Å². The summed E-state index contributed by atoms with van der Waals surface area (Å²) >= 11 is 0. The lowest BCUT2D eigenvalue weighted by Crippen LogP contribution is -2.54. The Bertz CT molecular complexity index is 293. The molecule has 2 fully saturated rings. The molecule has 2 rings (SSSR count). The SMILES string of the molecule is CC.COCC1CN(C(=O)CN2CCC(C(C)C)CC2)C1. The lowest BCUT2D eigenvalue weighted by molar-refractivity contribution is -0.140. The summed E-state index contributed by atoms with van der Waals surface area (Å²) in [5.74, 6) is 2.49. The van der Waals surface area contributed by atoms with Crippen molar-refractivity contribution >= 4 is 5.91 Å². The van der Waals surface area contributed by atoms with Gasteiger partial charge in [-0.1, -0.05) is 27.7 Å². The maximum atomic E-state index is 12.1. The fourth-order valence-corrected chi connectivity index (χ4v) is 3.18. The summed E-state index contributed by atoms with van der Waals surface area (Å²) in [6.45, 7) is 14.0. The molecule has 0 spiro atoms. The number of likely N-dealkylation sites (tertiary alicyclic amines) is 2. The highest BCUT2D eigenvalue weighted by Crippen LogP contribution is 2.24. The first-order chi connectivity index (χ1) is 10.1. The van der Waals surface area contributed by atoms with Crippen LogP contribution in [0.15, 0.2) is 0 Å². The maximum Gasteiger partial charge on any atom is 0.236 e. The Morgan fingerprint density at radius 3 is 2.24 bits per heavy atom. The normalized spacial score (nSPS) is 21.0. The molecule has 2 heterocycles. The zero-order chi connectivity index (χ0) is 15.8. The molecule has 0 bridgehead atoms. The number of hydrogen-bond donors (Lipinski definition) is 0. The highest BCUT2D eigenvalue weighted by molar-refractivity contribution is 5.79. The topological polar surface area (TPSA) is 32.8 Å². The average molecular weight is 298 g/mol. The van der Waals surface area contributed by atoms with Crippen LogP contribution >= 0.6 is 0 Å². The van der Waals surface area contributed by atoms with Crippen LogP contribution in [0.4, 0.5) is 0 Å². The van der Waals surface area contributed by atoms with Crippen molar-refractivity contribution in [1.29, 1.82) is 0 Å². The third kappa shape index (κ3) is 5.59. The number of carbonyl (C=O) groups excluding carboxylic acids is 1. The van der Waals surface area contributed by atoms with Gasteiger partial charge in [0.2, 0.25) is 5.91 Å². The Hall–Kier alpha value is -0.610. The van der Waals surface area contributed by atoms with Gasteiger partial charge in [0.25, 0.3) is 0 Å². The molecule has 0 N–H and O–H groups in total. The highest BCUT2D eigenvalue weighted by atomic mass is 16.5. The van der Waals surface area contributed by atoms with Crippen molar-refractivity contribution in [3.8, 4) is 0 Å². The lowest BCUT2D eigenvalue weighted by atomic mass is 9.87. The van der Waals surface area contributed by atoms with Crippen molar-refractivity contribution in [1.82, 2.24) is 9.80 Å². The Morgan fingerprint density at radius 2 is 1.76 bits per heavy atom. The molecule has 0 aromatic rings. The molecule has 0 unspecified atom stereocenters. The summed E-state index contributed by atoms with van der Waals surface area (Å²) < 4.78 is 5.11. The second-order valence-corrected chi connectivity index (χ2v) is 6.48. The van der Waals surface area contributed by atoms with Crippen LogP contribution in [0.3, 0.4) is 0 Å². The van der Waals surface area contributed by atoms with Crippen LogP contribution in [-0.2, 0) is 9.53 Å². The Labute approximate surface area is 130 Å². The molecule has 2 aliphatic heterocycles. The molecule has 124 valence electrons. The van der Waals surface area contributed by atoms with Gasteiger partial charge < -0.3 is 9.64 Å². The predicted octanol–water partition coefficient (Wildman–Crippen LogP) is 2.49. The molecule has 21 heavy (non-hydrogen) atoms. The molecule has 2 saturated heterocycles. The van der Waals surface area contributed by atoms with E-state index in [0.29, 0.717) is 18.4 Å². The van der Waals surface area contributed by atoms with E-state index in [2.05, 4.69) is 18.7 Å². The monoisotopic (exact) mass is 298 g/mol. The number of carbonyl (C=O) groups is 1.